The van der Waals surface area contributed by atoms with Gasteiger partial charge in [0.2, 0.25) is 5.91 Å². The van der Waals surface area contributed by atoms with Gasteiger partial charge < -0.3 is 16.2 Å². The SMILES string of the molecule is [N-]=[N+]=N[C@H](C(=O)Nc1cccc(F)c1CC[C@H](N)CO)C(c1cccc(F)c1)c1cccc(F)c1. The largest absolute Gasteiger partial charge is 0.395 e. The van der Waals surface area contributed by atoms with Crippen LogP contribution < -0.4 is 11.1 Å². The summed E-state index contributed by atoms with van der Waals surface area (Å²) < 4.78 is 42.7. The molecule has 182 valence electrons. The van der Waals surface area contributed by atoms with Crippen molar-refractivity contribution in [3.63, 3.8) is 0 Å². The number of carbonyl (C=O) groups excluding carboxylic acids is 1. The number of hydrogen-bond donors (Lipinski definition) is 3. The molecule has 0 heterocycles. The Morgan fingerprint density at radius 3 is 2.17 bits per heavy atom. The Kier molecular flexibility index (Phi) is 8.86. The molecule has 3 rings (SSSR count). The van der Waals surface area contributed by atoms with Gasteiger partial charge in [-0.05, 0) is 65.9 Å². The fourth-order valence-corrected chi connectivity index (χ4v) is 3.84. The molecule has 2 atom stereocenters. The van der Waals surface area contributed by atoms with Crippen LogP contribution in [0.3, 0.4) is 0 Å². The lowest BCUT2D eigenvalue weighted by molar-refractivity contribution is -0.117. The van der Waals surface area contributed by atoms with Gasteiger partial charge in [0.25, 0.3) is 0 Å². The molecule has 3 aromatic rings. The highest BCUT2D eigenvalue weighted by atomic mass is 19.1. The third-order valence-electron chi connectivity index (χ3n) is 5.55. The molecule has 7 nitrogen and oxygen atoms in total. The van der Waals surface area contributed by atoms with Crippen LogP contribution in [0.5, 0.6) is 0 Å². The molecule has 10 heteroatoms. The van der Waals surface area contributed by atoms with Crippen molar-refractivity contribution in [2.24, 2.45) is 10.8 Å². The van der Waals surface area contributed by atoms with Crippen molar-refractivity contribution in [3.05, 3.63) is 111 Å². The predicted octanol–water partition coefficient (Wildman–Crippen LogP) is 4.81. The average molecular weight is 483 g/mol. The van der Waals surface area contributed by atoms with Crippen molar-refractivity contribution < 1.29 is 23.1 Å². The van der Waals surface area contributed by atoms with Crippen LogP contribution in [0.1, 0.15) is 29.0 Å². The second kappa shape index (κ2) is 12.0. The molecule has 0 aliphatic rings. The lowest BCUT2D eigenvalue weighted by Gasteiger charge is -2.25. The first-order valence-corrected chi connectivity index (χ1v) is 10.8. The molecular weight excluding hydrogens is 459 g/mol. The van der Waals surface area contributed by atoms with Crippen molar-refractivity contribution in [1.29, 1.82) is 0 Å². The fraction of sp³-hybridized carbons (Fsp3) is 0.240. The number of azide groups is 1. The van der Waals surface area contributed by atoms with Gasteiger partial charge in [-0.2, -0.15) is 0 Å². The van der Waals surface area contributed by atoms with E-state index in [2.05, 4.69) is 15.3 Å². The van der Waals surface area contributed by atoms with E-state index in [4.69, 9.17) is 10.8 Å². The van der Waals surface area contributed by atoms with Crippen LogP contribution in [0.4, 0.5) is 18.9 Å². The second-order valence-corrected chi connectivity index (χ2v) is 7.97. The maximum atomic E-state index is 14.6. The molecule has 0 radical (unpaired) electrons. The third-order valence-corrected chi connectivity index (χ3v) is 5.55. The summed E-state index contributed by atoms with van der Waals surface area (Å²) >= 11 is 0. The van der Waals surface area contributed by atoms with E-state index in [1.54, 1.807) is 0 Å². The van der Waals surface area contributed by atoms with E-state index in [9.17, 15) is 23.5 Å². The zero-order valence-electron chi connectivity index (χ0n) is 18.6. The van der Waals surface area contributed by atoms with Gasteiger partial charge in [-0.3, -0.25) is 4.79 Å². The average Bonchev–Trinajstić information content (AvgIpc) is 2.83. The van der Waals surface area contributed by atoms with Crippen LogP contribution in [-0.4, -0.2) is 29.7 Å². The summed E-state index contributed by atoms with van der Waals surface area (Å²) in [5, 5.41) is 15.4. The molecule has 0 saturated heterocycles. The fourth-order valence-electron chi connectivity index (χ4n) is 3.84. The number of nitrogens with zero attached hydrogens (tertiary/aromatic N) is 3. The van der Waals surface area contributed by atoms with E-state index in [1.165, 1.54) is 66.7 Å². The van der Waals surface area contributed by atoms with E-state index in [-0.39, 0.29) is 41.8 Å². The Hall–Kier alpha value is -3.85. The first-order chi connectivity index (χ1) is 16.8. The number of amides is 1. The normalized spacial score (nSPS) is 12.6. The van der Waals surface area contributed by atoms with E-state index >= 15 is 0 Å². The first-order valence-electron chi connectivity index (χ1n) is 10.8. The van der Waals surface area contributed by atoms with E-state index in [0.717, 1.165) is 0 Å². The maximum absolute atomic E-state index is 14.6. The molecule has 0 aliphatic heterocycles. The molecule has 0 aromatic heterocycles. The summed E-state index contributed by atoms with van der Waals surface area (Å²) in [6.45, 7) is -0.280. The summed E-state index contributed by atoms with van der Waals surface area (Å²) in [6.07, 6.45) is 0.392. The summed E-state index contributed by atoms with van der Waals surface area (Å²) in [7, 11) is 0. The molecule has 3 aromatic carbocycles. The Morgan fingerprint density at radius 1 is 1.03 bits per heavy atom. The Labute approximate surface area is 200 Å². The van der Waals surface area contributed by atoms with Gasteiger partial charge in [0.05, 0.1) is 6.61 Å². The number of halogens is 3. The molecule has 0 spiro atoms. The van der Waals surface area contributed by atoms with Crippen molar-refractivity contribution in [1.82, 2.24) is 0 Å². The lowest BCUT2D eigenvalue weighted by Crippen LogP contribution is -2.33. The van der Waals surface area contributed by atoms with Gasteiger partial charge in [0.1, 0.15) is 23.5 Å². The van der Waals surface area contributed by atoms with Crippen molar-refractivity contribution >= 4 is 11.6 Å². The minimum Gasteiger partial charge on any atom is -0.395 e. The van der Waals surface area contributed by atoms with Crippen molar-refractivity contribution in [2.45, 2.75) is 30.8 Å². The lowest BCUT2D eigenvalue weighted by atomic mass is 9.84. The predicted molar refractivity (Wildman–Crippen MR) is 126 cm³/mol. The van der Waals surface area contributed by atoms with Crippen LogP contribution in [0.15, 0.2) is 71.8 Å². The zero-order valence-corrected chi connectivity index (χ0v) is 18.6. The van der Waals surface area contributed by atoms with Gasteiger partial charge in [-0.1, -0.05) is 35.4 Å². The number of aliphatic hydroxyl groups excluding tert-OH is 1. The van der Waals surface area contributed by atoms with Crippen LogP contribution in [-0.2, 0) is 11.2 Å². The molecule has 0 unspecified atom stereocenters. The van der Waals surface area contributed by atoms with Crippen LogP contribution in [0, 0.1) is 17.5 Å². The number of aliphatic hydroxyl groups is 1. The Bertz CT molecular complexity index is 1190. The highest BCUT2D eigenvalue weighted by Gasteiger charge is 2.31. The standard InChI is InChI=1S/C25H24F3N5O2/c26-17-6-1-4-15(12-17)23(16-5-2-7-18(27)13-16)24(32-33-30)25(35)31-22-9-3-8-21(28)20(22)11-10-19(29)14-34/h1-9,12-13,19,23-24,34H,10-11,14,29H2,(H,31,35)/t19-,24-/m0/s1. The van der Waals surface area contributed by atoms with Crippen LogP contribution >= 0.6 is 0 Å². The van der Waals surface area contributed by atoms with Gasteiger partial charge >= 0.3 is 0 Å². The summed E-state index contributed by atoms with van der Waals surface area (Å²) in [6, 6.07) is 12.8. The number of benzene rings is 3. The van der Waals surface area contributed by atoms with E-state index < -0.39 is 41.4 Å². The molecule has 4 N–H and O–H groups in total. The monoisotopic (exact) mass is 483 g/mol. The first kappa shape index (κ1) is 25.8. The summed E-state index contributed by atoms with van der Waals surface area (Å²) in [5.41, 5.74) is 15.8. The molecule has 1 amide bonds. The van der Waals surface area contributed by atoms with Crippen LogP contribution in [0.25, 0.3) is 10.4 Å². The molecule has 0 bridgehead atoms. The van der Waals surface area contributed by atoms with Gasteiger partial charge in [-0.25, -0.2) is 13.2 Å². The molecular formula is C25H24F3N5O2. The zero-order chi connectivity index (χ0) is 25.4. The second-order valence-electron chi connectivity index (χ2n) is 7.97. The minimum absolute atomic E-state index is 0.132. The Morgan fingerprint density at radius 2 is 1.63 bits per heavy atom. The smallest absolute Gasteiger partial charge is 0.234 e. The van der Waals surface area contributed by atoms with Crippen molar-refractivity contribution in [3.8, 4) is 0 Å². The quantitative estimate of drug-likeness (QED) is 0.218. The molecule has 0 saturated carbocycles. The van der Waals surface area contributed by atoms with Crippen molar-refractivity contribution in [2.75, 3.05) is 11.9 Å². The van der Waals surface area contributed by atoms with Gasteiger partial charge in [0, 0.05) is 28.1 Å². The third kappa shape index (κ3) is 6.60. The minimum atomic E-state index is -1.46. The van der Waals surface area contributed by atoms with E-state index in [0.29, 0.717) is 0 Å². The Balaban J connectivity index is 2.02. The molecule has 35 heavy (non-hydrogen) atoms. The maximum Gasteiger partial charge on any atom is 0.234 e. The van der Waals surface area contributed by atoms with Gasteiger partial charge in [0.15, 0.2) is 0 Å². The van der Waals surface area contributed by atoms with Crippen LogP contribution in [0.2, 0.25) is 0 Å². The number of anilines is 1. The van der Waals surface area contributed by atoms with E-state index in [1.807, 2.05) is 0 Å². The highest BCUT2D eigenvalue weighted by molar-refractivity contribution is 5.96. The highest BCUT2D eigenvalue weighted by Crippen LogP contribution is 2.32. The molecule has 0 aliphatic carbocycles. The summed E-state index contributed by atoms with van der Waals surface area (Å²) in [5.74, 6) is -3.58. The summed E-state index contributed by atoms with van der Waals surface area (Å²) in [4.78, 5) is 16.2. The number of rotatable bonds is 10. The number of hydrogen-bond acceptors (Lipinski definition) is 4. The number of nitrogens with one attached hydrogen (secondary N) is 1. The molecule has 0 fully saturated rings. The number of nitrogens with two attached hydrogens (primary N) is 1. The number of carbonyl (C=O) groups is 1. The topological polar surface area (TPSA) is 124 Å². The van der Waals surface area contributed by atoms with Gasteiger partial charge in [-0.15, -0.1) is 0 Å².